The van der Waals surface area contributed by atoms with Crippen molar-refractivity contribution >= 4 is 23.3 Å². The first-order valence-corrected chi connectivity index (χ1v) is 8.38. The molecule has 0 aliphatic heterocycles. The Labute approximate surface area is 149 Å². The minimum Gasteiger partial charge on any atom is -0.462 e. The molecule has 7 heteroatoms. The Kier molecular flexibility index (Phi) is 12.5. The molecule has 0 bridgehead atoms. The van der Waals surface area contributed by atoms with Gasteiger partial charge in [-0.1, -0.05) is 13.8 Å². The van der Waals surface area contributed by atoms with E-state index in [0.29, 0.717) is 12.2 Å². The van der Waals surface area contributed by atoms with Gasteiger partial charge in [0.05, 0.1) is 19.8 Å². The number of hydrogen-bond acceptors (Lipinski definition) is 7. The fourth-order valence-corrected chi connectivity index (χ4v) is 1.66. The van der Waals surface area contributed by atoms with Gasteiger partial charge < -0.3 is 25.2 Å². The van der Waals surface area contributed by atoms with E-state index in [9.17, 15) is 9.59 Å². The molecule has 0 saturated carbocycles. The number of aliphatic hydroxyl groups excluding tert-OH is 1. The Balaban J connectivity index is 0.00000277. The minimum atomic E-state index is -0.736. The van der Waals surface area contributed by atoms with Crippen LogP contribution < -0.4 is 10.6 Å². The van der Waals surface area contributed by atoms with Gasteiger partial charge in [-0.25, -0.2) is 9.59 Å². The van der Waals surface area contributed by atoms with Crippen LogP contribution in [0.4, 0.5) is 11.4 Å². The molecule has 0 aliphatic rings. The van der Waals surface area contributed by atoms with E-state index in [1.165, 1.54) is 6.20 Å². The van der Waals surface area contributed by atoms with Crippen LogP contribution in [0.3, 0.4) is 0 Å². The lowest BCUT2D eigenvalue weighted by atomic mass is 10.2. The Morgan fingerprint density at radius 2 is 1.48 bits per heavy atom. The van der Waals surface area contributed by atoms with Crippen LogP contribution in [-0.2, 0) is 19.1 Å². The number of anilines is 2. The van der Waals surface area contributed by atoms with E-state index in [1.807, 2.05) is 13.8 Å². The molecular formula is C18H28N2O5. The van der Waals surface area contributed by atoms with Gasteiger partial charge in [-0.2, -0.15) is 0 Å². The van der Waals surface area contributed by atoms with E-state index in [4.69, 9.17) is 14.6 Å². The highest BCUT2D eigenvalue weighted by Crippen LogP contribution is 2.14. The van der Waals surface area contributed by atoms with Gasteiger partial charge in [0.25, 0.3) is 0 Å². The summed E-state index contributed by atoms with van der Waals surface area (Å²) in [6, 6.07) is 7.15. The lowest BCUT2D eigenvalue weighted by molar-refractivity contribution is -0.146. The molecule has 7 nitrogen and oxygen atoms in total. The number of ether oxygens (including phenoxy) is 2. The average molecular weight is 352 g/mol. The molecule has 0 saturated heterocycles. The summed E-state index contributed by atoms with van der Waals surface area (Å²) in [4.78, 5) is 23.6. The monoisotopic (exact) mass is 352 g/mol. The fourth-order valence-electron chi connectivity index (χ4n) is 1.66. The van der Waals surface area contributed by atoms with Gasteiger partial charge in [0.1, 0.15) is 0 Å². The van der Waals surface area contributed by atoms with E-state index in [1.54, 1.807) is 38.1 Å². The van der Waals surface area contributed by atoms with Crippen LogP contribution in [0.1, 0.15) is 27.7 Å². The highest BCUT2D eigenvalue weighted by Gasteiger charge is 2.20. The van der Waals surface area contributed by atoms with Gasteiger partial charge in [-0.3, -0.25) is 0 Å². The molecule has 3 N–H and O–H groups in total. The summed E-state index contributed by atoms with van der Waals surface area (Å²) in [7, 11) is 0. The Hall–Kier alpha value is -2.54. The second-order valence-corrected chi connectivity index (χ2v) is 4.37. The first-order valence-electron chi connectivity index (χ1n) is 8.38. The van der Waals surface area contributed by atoms with Crippen molar-refractivity contribution in [3.05, 3.63) is 36.0 Å². The SMILES string of the molecule is CC.CCOC(=O)C(=CNc1ccc(NCCO)cc1)C(=O)OCC. The fraction of sp³-hybridized carbons (Fsp3) is 0.444. The van der Waals surface area contributed by atoms with Gasteiger partial charge in [0.2, 0.25) is 0 Å². The summed E-state index contributed by atoms with van der Waals surface area (Å²) >= 11 is 0. The first kappa shape index (κ1) is 22.5. The Morgan fingerprint density at radius 3 is 1.92 bits per heavy atom. The van der Waals surface area contributed by atoms with Crippen LogP contribution in [0.25, 0.3) is 0 Å². The number of rotatable bonds is 9. The van der Waals surface area contributed by atoms with Crippen molar-refractivity contribution in [1.29, 1.82) is 0 Å². The van der Waals surface area contributed by atoms with Gasteiger partial charge in [0, 0.05) is 24.1 Å². The molecule has 1 aromatic carbocycles. The predicted molar refractivity (Wildman–Crippen MR) is 98.3 cm³/mol. The average Bonchev–Trinajstić information content (AvgIpc) is 2.63. The van der Waals surface area contributed by atoms with Gasteiger partial charge in [-0.05, 0) is 38.1 Å². The summed E-state index contributed by atoms with van der Waals surface area (Å²) in [5.74, 6) is -1.47. The van der Waals surface area contributed by atoms with E-state index in [-0.39, 0.29) is 25.4 Å². The lowest BCUT2D eigenvalue weighted by Crippen LogP contribution is -2.19. The zero-order chi connectivity index (χ0) is 19.1. The molecule has 0 amide bonds. The number of benzene rings is 1. The van der Waals surface area contributed by atoms with Crippen molar-refractivity contribution in [2.24, 2.45) is 0 Å². The second-order valence-electron chi connectivity index (χ2n) is 4.37. The van der Waals surface area contributed by atoms with Crippen molar-refractivity contribution in [1.82, 2.24) is 0 Å². The largest absolute Gasteiger partial charge is 0.462 e. The maximum atomic E-state index is 11.8. The molecule has 140 valence electrons. The minimum absolute atomic E-state index is 0.0468. The molecule has 0 aliphatic carbocycles. The van der Waals surface area contributed by atoms with Crippen molar-refractivity contribution in [2.75, 3.05) is 37.0 Å². The summed E-state index contributed by atoms with van der Waals surface area (Å²) in [5.41, 5.74) is 1.34. The van der Waals surface area contributed by atoms with Crippen molar-refractivity contribution in [3.63, 3.8) is 0 Å². The van der Waals surface area contributed by atoms with Gasteiger partial charge >= 0.3 is 11.9 Å². The van der Waals surface area contributed by atoms with Gasteiger partial charge in [-0.15, -0.1) is 0 Å². The number of hydrogen-bond donors (Lipinski definition) is 3. The highest BCUT2D eigenvalue weighted by atomic mass is 16.6. The van der Waals surface area contributed by atoms with E-state index < -0.39 is 11.9 Å². The van der Waals surface area contributed by atoms with E-state index in [0.717, 1.165) is 5.69 Å². The molecule has 1 aromatic rings. The van der Waals surface area contributed by atoms with Crippen molar-refractivity contribution in [3.8, 4) is 0 Å². The summed E-state index contributed by atoms with van der Waals surface area (Å²) in [5, 5.41) is 14.6. The number of esters is 2. The third kappa shape index (κ3) is 8.76. The second kappa shape index (κ2) is 13.9. The van der Waals surface area contributed by atoms with Crippen LogP contribution in [0.5, 0.6) is 0 Å². The normalized spacial score (nSPS) is 9.16. The zero-order valence-corrected chi connectivity index (χ0v) is 15.3. The molecule has 0 unspecified atom stereocenters. The number of nitrogens with one attached hydrogen (secondary N) is 2. The van der Waals surface area contributed by atoms with Crippen LogP contribution in [0, 0.1) is 0 Å². The smallest absolute Gasteiger partial charge is 0.347 e. The molecule has 0 spiro atoms. The molecule has 0 heterocycles. The molecule has 0 radical (unpaired) electrons. The maximum Gasteiger partial charge on any atom is 0.347 e. The van der Waals surface area contributed by atoms with Crippen molar-refractivity contribution in [2.45, 2.75) is 27.7 Å². The summed E-state index contributed by atoms with van der Waals surface area (Å²) in [6.45, 7) is 8.16. The van der Waals surface area contributed by atoms with E-state index >= 15 is 0 Å². The molecule has 25 heavy (non-hydrogen) atoms. The first-order chi connectivity index (χ1) is 12.1. The Bertz CT molecular complexity index is 521. The molecular weight excluding hydrogens is 324 g/mol. The number of aliphatic hydroxyl groups is 1. The standard InChI is InChI=1S/C16H22N2O5.C2H6/c1-3-22-15(20)14(16(21)23-4-2)11-18-13-7-5-12(6-8-13)17-9-10-19;1-2/h5-8,11,17-19H,3-4,9-10H2,1-2H3;1-2H3. The lowest BCUT2D eigenvalue weighted by Gasteiger charge is -2.08. The quantitative estimate of drug-likeness (QED) is 0.272. The van der Waals surface area contributed by atoms with Crippen LogP contribution >= 0.6 is 0 Å². The van der Waals surface area contributed by atoms with Crippen LogP contribution in [0.2, 0.25) is 0 Å². The highest BCUT2D eigenvalue weighted by molar-refractivity contribution is 6.14. The number of carbonyl (C=O) groups is 2. The molecule has 0 fully saturated rings. The van der Waals surface area contributed by atoms with Crippen LogP contribution in [-0.4, -0.2) is 43.4 Å². The topological polar surface area (TPSA) is 96.9 Å². The van der Waals surface area contributed by atoms with E-state index in [2.05, 4.69) is 10.6 Å². The molecule has 0 atom stereocenters. The maximum absolute atomic E-state index is 11.8. The Morgan fingerprint density at radius 1 is 1.00 bits per heavy atom. The van der Waals surface area contributed by atoms with Crippen molar-refractivity contribution < 1.29 is 24.2 Å². The summed E-state index contributed by atoms with van der Waals surface area (Å²) < 4.78 is 9.68. The number of carbonyl (C=O) groups excluding carboxylic acids is 2. The molecule has 0 aromatic heterocycles. The van der Waals surface area contributed by atoms with Crippen LogP contribution in [0.15, 0.2) is 36.0 Å². The van der Waals surface area contributed by atoms with Gasteiger partial charge in [0.15, 0.2) is 5.57 Å². The predicted octanol–water partition coefficient (Wildman–Crippen LogP) is 2.54. The molecule has 1 rings (SSSR count). The third-order valence-corrected chi connectivity index (χ3v) is 2.70. The summed E-state index contributed by atoms with van der Waals surface area (Å²) in [6.07, 6.45) is 1.27. The third-order valence-electron chi connectivity index (χ3n) is 2.70. The zero-order valence-electron chi connectivity index (χ0n) is 15.3.